The topological polar surface area (TPSA) is 108 Å². The van der Waals surface area contributed by atoms with Gasteiger partial charge in [-0.3, -0.25) is 18.6 Å². The summed E-state index contributed by atoms with van der Waals surface area (Å²) < 4.78 is 34.5. The molecular weight excluding hydrogens is 966 g/mol. The molecule has 9 nitrogen and oxygen atoms in total. The van der Waals surface area contributed by atoms with Crippen LogP contribution < -0.4 is 0 Å². The van der Waals surface area contributed by atoms with Crippen LogP contribution in [0.1, 0.15) is 181 Å². The van der Waals surface area contributed by atoms with Crippen LogP contribution in [-0.4, -0.2) is 74.9 Å². The average molecular weight is 1070 g/mol. The monoisotopic (exact) mass is 1070 g/mol. The van der Waals surface area contributed by atoms with Gasteiger partial charge in [0, 0.05) is 12.8 Å². The quantitative estimate of drug-likeness (QED) is 0.0211. The van der Waals surface area contributed by atoms with Gasteiger partial charge in [-0.15, -0.1) is 0 Å². The van der Waals surface area contributed by atoms with Crippen LogP contribution in [-0.2, 0) is 32.7 Å². The third-order valence-electron chi connectivity index (χ3n) is 11.2. The van der Waals surface area contributed by atoms with Gasteiger partial charge in [0.2, 0.25) is 0 Å². The molecule has 0 aromatic rings. The van der Waals surface area contributed by atoms with E-state index in [1.165, 1.54) is 0 Å². The van der Waals surface area contributed by atoms with Crippen molar-refractivity contribution in [3.63, 3.8) is 0 Å². The van der Waals surface area contributed by atoms with Crippen LogP contribution in [0.25, 0.3) is 0 Å². The van der Waals surface area contributed by atoms with E-state index in [1.54, 1.807) is 0 Å². The molecule has 0 aliphatic heterocycles. The fourth-order valence-electron chi connectivity index (χ4n) is 6.86. The molecule has 0 fully saturated rings. The van der Waals surface area contributed by atoms with Crippen molar-refractivity contribution in [3.05, 3.63) is 170 Å². The van der Waals surface area contributed by atoms with Gasteiger partial charge in [0.05, 0.1) is 27.7 Å². The molecular formula is C66H105NO8P+. The Morgan fingerprint density at radius 1 is 0.408 bits per heavy atom. The van der Waals surface area contributed by atoms with Gasteiger partial charge in [0.25, 0.3) is 0 Å². The number of esters is 2. The number of phosphoric ester groups is 1. The molecule has 0 amide bonds. The first kappa shape index (κ1) is 71.4. The molecule has 2 unspecified atom stereocenters. The van der Waals surface area contributed by atoms with Crippen molar-refractivity contribution >= 4 is 19.8 Å². The van der Waals surface area contributed by atoms with Gasteiger partial charge in [-0.25, -0.2) is 4.57 Å². The Hall–Kier alpha value is -4.63. The molecule has 10 heteroatoms. The summed E-state index contributed by atoms with van der Waals surface area (Å²) in [6.07, 6.45) is 84.2. The summed E-state index contributed by atoms with van der Waals surface area (Å²) in [5.74, 6) is -0.876. The molecule has 0 saturated heterocycles. The Kier molecular flexibility index (Phi) is 51.8. The molecule has 2 atom stereocenters. The third kappa shape index (κ3) is 58.6. The van der Waals surface area contributed by atoms with E-state index < -0.39 is 32.5 Å². The number of hydrogen-bond donors (Lipinski definition) is 1. The van der Waals surface area contributed by atoms with Gasteiger partial charge >= 0.3 is 19.8 Å². The van der Waals surface area contributed by atoms with Crippen LogP contribution in [0.3, 0.4) is 0 Å². The number of ether oxygens (including phenoxy) is 2. The Morgan fingerprint density at radius 2 is 0.711 bits per heavy atom. The molecule has 0 radical (unpaired) electrons. The third-order valence-corrected chi connectivity index (χ3v) is 12.2. The maximum Gasteiger partial charge on any atom is 0.472 e. The van der Waals surface area contributed by atoms with Gasteiger partial charge in [0.1, 0.15) is 19.8 Å². The fourth-order valence-corrected chi connectivity index (χ4v) is 7.60. The highest BCUT2D eigenvalue weighted by Crippen LogP contribution is 2.43. The Morgan fingerprint density at radius 3 is 1.07 bits per heavy atom. The molecule has 0 rings (SSSR count). The van der Waals surface area contributed by atoms with Gasteiger partial charge in [-0.1, -0.05) is 210 Å². The second-order valence-corrected chi connectivity index (χ2v) is 21.0. The first-order chi connectivity index (χ1) is 37.0. The number of quaternary nitrogens is 1. The lowest BCUT2D eigenvalue weighted by Gasteiger charge is -2.24. The van der Waals surface area contributed by atoms with Gasteiger partial charge in [-0.05, 0) is 128 Å². The van der Waals surface area contributed by atoms with Crippen molar-refractivity contribution in [2.24, 2.45) is 0 Å². The summed E-state index contributed by atoms with van der Waals surface area (Å²) in [7, 11) is 1.41. The molecule has 0 saturated carbocycles. The van der Waals surface area contributed by atoms with E-state index in [-0.39, 0.29) is 26.1 Å². The maximum atomic E-state index is 12.8. The zero-order valence-electron chi connectivity index (χ0n) is 48.2. The van der Waals surface area contributed by atoms with Crippen LogP contribution in [0, 0.1) is 0 Å². The Bertz CT molecular complexity index is 1880. The highest BCUT2D eigenvalue weighted by atomic mass is 31.2. The van der Waals surface area contributed by atoms with Crippen molar-refractivity contribution in [1.82, 2.24) is 0 Å². The summed E-state index contributed by atoms with van der Waals surface area (Å²) in [6.45, 7) is 4.10. The second kappa shape index (κ2) is 55.1. The number of carbonyl (C=O) groups is 2. The molecule has 0 bridgehead atoms. The number of carbonyl (C=O) groups excluding carboxylic acids is 2. The Balaban J connectivity index is 4.35. The van der Waals surface area contributed by atoms with Crippen LogP contribution in [0.5, 0.6) is 0 Å². The first-order valence-electron chi connectivity index (χ1n) is 28.9. The number of unbranched alkanes of at least 4 members (excludes halogenated alkanes) is 8. The van der Waals surface area contributed by atoms with E-state index >= 15 is 0 Å². The molecule has 76 heavy (non-hydrogen) atoms. The van der Waals surface area contributed by atoms with Crippen molar-refractivity contribution in [1.29, 1.82) is 0 Å². The summed E-state index contributed by atoms with van der Waals surface area (Å²) in [5.41, 5.74) is 0. The van der Waals surface area contributed by atoms with Crippen molar-refractivity contribution in [3.8, 4) is 0 Å². The van der Waals surface area contributed by atoms with Gasteiger partial charge in [0.15, 0.2) is 6.10 Å². The van der Waals surface area contributed by atoms with E-state index in [4.69, 9.17) is 18.5 Å². The number of hydrogen-bond acceptors (Lipinski definition) is 7. The minimum atomic E-state index is -4.42. The SMILES string of the molecule is CC/C=C\C/C=C\C/C=C\C/C=C\C/C=C\C/C=C\C/C=C\C/C=C\C/C=C\CCCCCC(=O)OC(COC(=O)CCCCCCC/C=C\C/C=C\C/C=C\C/C=C\C/C=C\CC)COP(=O)(O)OCC[N+](C)(C)C. The van der Waals surface area contributed by atoms with E-state index in [9.17, 15) is 19.0 Å². The van der Waals surface area contributed by atoms with Crippen LogP contribution >= 0.6 is 7.82 Å². The molecule has 0 heterocycles. The largest absolute Gasteiger partial charge is 0.472 e. The number of allylic oxidation sites excluding steroid dienone is 28. The first-order valence-corrected chi connectivity index (χ1v) is 30.4. The maximum absolute atomic E-state index is 12.8. The number of likely N-dealkylation sites (N-methyl/N-ethyl adjacent to an activating group) is 1. The summed E-state index contributed by atoms with van der Waals surface area (Å²) >= 11 is 0. The molecule has 0 aromatic heterocycles. The zero-order valence-corrected chi connectivity index (χ0v) is 49.1. The van der Waals surface area contributed by atoms with Crippen molar-refractivity contribution in [2.45, 2.75) is 187 Å². The number of rotatable bonds is 50. The normalized spacial score (nSPS) is 14.6. The Labute approximate surface area is 464 Å². The average Bonchev–Trinajstić information content (AvgIpc) is 3.38. The van der Waals surface area contributed by atoms with E-state index in [0.717, 1.165) is 141 Å². The minimum Gasteiger partial charge on any atom is -0.462 e. The number of phosphoric acid groups is 1. The predicted molar refractivity (Wildman–Crippen MR) is 325 cm³/mol. The smallest absolute Gasteiger partial charge is 0.462 e. The lowest BCUT2D eigenvalue weighted by molar-refractivity contribution is -0.870. The molecule has 426 valence electrons. The van der Waals surface area contributed by atoms with Gasteiger partial charge < -0.3 is 18.9 Å². The standard InChI is InChI=1S/C66H104NO8P/c1-6-8-10-12-14-16-18-20-22-24-26-28-29-30-31-32-33-34-35-36-37-39-41-43-45-47-49-51-53-55-57-59-66(69)75-64(63-74-76(70,71)73-61-60-67(3,4)5)62-72-65(68)58-56-54-52-50-48-46-44-42-40-38-27-25-23-21-19-17-15-13-11-9-7-2/h8-11,14-17,20-23,26-28,30-31,33-34,36-38,41-44,47,49,64H,6-7,12-13,18-19,24-25,29,32,35,39-40,45-46,48,50-63H2,1-5H3/p+1/b10-8-,11-9-,16-14-,17-15-,22-20-,23-21-,28-26-,31-30-,34-33-,37-36-,38-27-,43-41-,44-42-,49-47-. The lowest BCUT2D eigenvalue weighted by Crippen LogP contribution is -2.37. The molecule has 0 aliphatic carbocycles. The molecule has 0 spiro atoms. The van der Waals surface area contributed by atoms with E-state index in [1.807, 2.05) is 21.1 Å². The fraction of sp³-hybridized carbons (Fsp3) is 0.545. The van der Waals surface area contributed by atoms with Crippen LogP contribution in [0.4, 0.5) is 0 Å². The minimum absolute atomic E-state index is 0.0103. The predicted octanol–water partition coefficient (Wildman–Crippen LogP) is 18.3. The second-order valence-electron chi connectivity index (χ2n) is 19.6. The van der Waals surface area contributed by atoms with Crippen molar-refractivity contribution < 1.29 is 42.1 Å². The zero-order chi connectivity index (χ0) is 55.6. The molecule has 1 N–H and O–H groups in total. The summed E-state index contributed by atoms with van der Waals surface area (Å²) in [6, 6.07) is 0. The summed E-state index contributed by atoms with van der Waals surface area (Å²) in [4.78, 5) is 35.7. The van der Waals surface area contributed by atoms with Crippen molar-refractivity contribution in [2.75, 3.05) is 47.5 Å². The van der Waals surface area contributed by atoms with Crippen LogP contribution in [0.15, 0.2) is 170 Å². The summed E-state index contributed by atoms with van der Waals surface area (Å²) in [5, 5.41) is 0. The van der Waals surface area contributed by atoms with E-state index in [2.05, 4.69) is 184 Å². The van der Waals surface area contributed by atoms with Gasteiger partial charge in [-0.2, -0.15) is 0 Å². The van der Waals surface area contributed by atoms with Crippen LogP contribution in [0.2, 0.25) is 0 Å². The highest BCUT2D eigenvalue weighted by Gasteiger charge is 2.27. The molecule has 0 aliphatic rings. The highest BCUT2D eigenvalue weighted by molar-refractivity contribution is 7.47. The number of nitrogens with zero attached hydrogens (tertiary/aromatic N) is 1. The van der Waals surface area contributed by atoms with E-state index in [0.29, 0.717) is 23.9 Å². The molecule has 0 aromatic carbocycles. The lowest BCUT2D eigenvalue weighted by atomic mass is 10.1.